The third-order valence-electron chi connectivity index (χ3n) is 1.74. The molecule has 62 valence electrons. The van der Waals surface area contributed by atoms with Crippen molar-refractivity contribution >= 4 is 0 Å². The number of dihydropyridines is 1. The molecule has 1 aliphatic heterocycles. The zero-order valence-corrected chi connectivity index (χ0v) is 7.59. The fourth-order valence-electron chi connectivity index (χ4n) is 1.29. The van der Waals surface area contributed by atoms with Crippen LogP contribution in [-0.4, -0.2) is 6.04 Å². The summed E-state index contributed by atoms with van der Waals surface area (Å²) in [4.78, 5) is 0. The molecule has 1 heterocycles. The summed E-state index contributed by atoms with van der Waals surface area (Å²) in [5, 5.41) is 3.42. The summed E-state index contributed by atoms with van der Waals surface area (Å²) in [6.07, 6.45) is 7.64. The maximum Gasteiger partial charge on any atom is 0.0416 e. The molecule has 1 aliphatic rings. The monoisotopic (exact) mass is 151 g/mol. The lowest BCUT2D eigenvalue weighted by Crippen LogP contribution is -2.25. The van der Waals surface area contributed by atoms with E-state index < -0.39 is 0 Å². The molecule has 1 heteroatoms. The molecule has 0 aromatic heterocycles. The van der Waals surface area contributed by atoms with Gasteiger partial charge in [-0.15, -0.1) is 0 Å². The van der Waals surface area contributed by atoms with Gasteiger partial charge in [-0.1, -0.05) is 26.0 Å². The number of hydrogen-bond acceptors (Lipinski definition) is 1. The Morgan fingerprint density at radius 2 is 2.27 bits per heavy atom. The van der Waals surface area contributed by atoms with Crippen LogP contribution in [0.15, 0.2) is 23.9 Å². The van der Waals surface area contributed by atoms with Crippen molar-refractivity contribution in [3.63, 3.8) is 0 Å². The summed E-state index contributed by atoms with van der Waals surface area (Å²) >= 11 is 0. The van der Waals surface area contributed by atoms with Gasteiger partial charge in [0.2, 0.25) is 0 Å². The Hall–Kier alpha value is -0.720. The number of allylic oxidation sites excluding steroid dienone is 3. The van der Waals surface area contributed by atoms with Crippen molar-refractivity contribution in [2.75, 3.05) is 0 Å². The minimum atomic E-state index is 0.508. The van der Waals surface area contributed by atoms with E-state index in [1.54, 1.807) is 0 Å². The van der Waals surface area contributed by atoms with Crippen LogP contribution < -0.4 is 5.32 Å². The van der Waals surface area contributed by atoms with Gasteiger partial charge < -0.3 is 5.32 Å². The molecule has 0 radical (unpaired) electrons. The van der Waals surface area contributed by atoms with Crippen LogP contribution in [0.4, 0.5) is 0 Å². The van der Waals surface area contributed by atoms with E-state index in [0.717, 1.165) is 12.3 Å². The molecule has 0 saturated carbocycles. The standard InChI is InChI=1S/C10H17N/c1-8(2)7-10-6-4-5-9(3)11-10/h4-6,8-9,11H,7H2,1-3H3. The van der Waals surface area contributed by atoms with Gasteiger partial charge in [-0.25, -0.2) is 0 Å². The van der Waals surface area contributed by atoms with Crippen molar-refractivity contribution in [1.82, 2.24) is 5.32 Å². The maximum atomic E-state index is 3.42. The molecular weight excluding hydrogens is 134 g/mol. The predicted octanol–water partition coefficient (Wildman–Crippen LogP) is 2.46. The lowest BCUT2D eigenvalue weighted by molar-refractivity contribution is 0.581. The third kappa shape index (κ3) is 2.79. The van der Waals surface area contributed by atoms with E-state index in [9.17, 15) is 0 Å². The molecule has 1 rings (SSSR count). The third-order valence-corrected chi connectivity index (χ3v) is 1.74. The van der Waals surface area contributed by atoms with Gasteiger partial charge in [0, 0.05) is 11.7 Å². The molecule has 1 unspecified atom stereocenters. The second-order valence-corrected chi connectivity index (χ2v) is 3.61. The molecule has 1 atom stereocenters. The van der Waals surface area contributed by atoms with Crippen LogP contribution in [0.1, 0.15) is 27.2 Å². The lowest BCUT2D eigenvalue weighted by Gasteiger charge is -2.19. The normalized spacial score (nSPS) is 23.3. The molecule has 11 heavy (non-hydrogen) atoms. The van der Waals surface area contributed by atoms with Crippen LogP contribution >= 0.6 is 0 Å². The Labute approximate surface area is 69.2 Å². The molecule has 1 nitrogen and oxygen atoms in total. The quantitative estimate of drug-likeness (QED) is 0.639. The van der Waals surface area contributed by atoms with Gasteiger partial charge in [0.1, 0.15) is 0 Å². The average molecular weight is 151 g/mol. The van der Waals surface area contributed by atoms with E-state index >= 15 is 0 Å². The van der Waals surface area contributed by atoms with Gasteiger partial charge in [-0.05, 0) is 25.3 Å². The lowest BCUT2D eigenvalue weighted by atomic mass is 10.1. The average Bonchev–Trinajstić information content (AvgIpc) is 1.85. The van der Waals surface area contributed by atoms with Crippen molar-refractivity contribution in [3.05, 3.63) is 23.9 Å². The summed E-state index contributed by atoms with van der Waals surface area (Å²) in [5.74, 6) is 0.743. The number of rotatable bonds is 2. The van der Waals surface area contributed by atoms with Crippen LogP contribution in [0.3, 0.4) is 0 Å². The zero-order chi connectivity index (χ0) is 8.27. The maximum absolute atomic E-state index is 3.42. The van der Waals surface area contributed by atoms with Gasteiger partial charge in [-0.3, -0.25) is 0 Å². The summed E-state index contributed by atoms with van der Waals surface area (Å²) < 4.78 is 0. The Morgan fingerprint density at radius 3 is 2.82 bits per heavy atom. The Bertz CT molecular complexity index is 177. The van der Waals surface area contributed by atoms with Crippen LogP contribution in [0.5, 0.6) is 0 Å². The predicted molar refractivity (Wildman–Crippen MR) is 49.3 cm³/mol. The van der Waals surface area contributed by atoms with Gasteiger partial charge in [0.25, 0.3) is 0 Å². The van der Waals surface area contributed by atoms with Crippen LogP contribution in [-0.2, 0) is 0 Å². The molecule has 0 amide bonds. The van der Waals surface area contributed by atoms with E-state index in [1.807, 2.05) is 0 Å². The molecule has 1 N–H and O–H groups in total. The van der Waals surface area contributed by atoms with E-state index in [0.29, 0.717) is 6.04 Å². The fraction of sp³-hybridized carbons (Fsp3) is 0.600. The van der Waals surface area contributed by atoms with E-state index in [4.69, 9.17) is 0 Å². The smallest absolute Gasteiger partial charge is 0.0416 e. The molecule has 0 aliphatic carbocycles. The topological polar surface area (TPSA) is 12.0 Å². The van der Waals surface area contributed by atoms with Crippen molar-refractivity contribution in [1.29, 1.82) is 0 Å². The molecule has 0 aromatic rings. The first kappa shape index (κ1) is 8.38. The van der Waals surface area contributed by atoms with E-state index in [-0.39, 0.29) is 0 Å². The van der Waals surface area contributed by atoms with Crippen LogP contribution in [0.2, 0.25) is 0 Å². The van der Waals surface area contributed by atoms with Crippen molar-refractivity contribution in [2.24, 2.45) is 5.92 Å². The first-order chi connectivity index (χ1) is 5.18. The van der Waals surface area contributed by atoms with E-state index in [1.165, 1.54) is 5.70 Å². The number of hydrogen-bond donors (Lipinski definition) is 1. The molecular formula is C10H17N. The Balaban J connectivity index is 2.46. The zero-order valence-electron chi connectivity index (χ0n) is 7.59. The Morgan fingerprint density at radius 1 is 1.55 bits per heavy atom. The largest absolute Gasteiger partial charge is 0.382 e. The van der Waals surface area contributed by atoms with Gasteiger partial charge in [0.05, 0.1) is 0 Å². The van der Waals surface area contributed by atoms with E-state index in [2.05, 4.69) is 44.3 Å². The van der Waals surface area contributed by atoms with Gasteiger partial charge >= 0.3 is 0 Å². The minimum Gasteiger partial charge on any atom is -0.382 e. The van der Waals surface area contributed by atoms with Crippen molar-refractivity contribution in [2.45, 2.75) is 33.2 Å². The first-order valence-electron chi connectivity index (χ1n) is 4.32. The molecule has 0 saturated heterocycles. The summed E-state index contributed by atoms with van der Waals surface area (Å²) in [6, 6.07) is 0.508. The SMILES string of the molecule is CC(C)CC1=CC=CC(C)N1. The highest BCUT2D eigenvalue weighted by Gasteiger charge is 2.05. The fourth-order valence-corrected chi connectivity index (χ4v) is 1.29. The Kier molecular flexibility index (Phi) is 2.75. The van der Waals surface area contributed by atoms with Gasteiger partial charge in [-0.2, -0.15) is 0 Å². The van der Waals surface area contributed by atoms with Crippen molar-refractivity contribution < 1.29 is 0 Å². The highest BCUT2D eigenvalue weighted by Crippen LogP contribution is 2.11. The second-order valence-electron chi connectivity index (χ2n) is 3.61. The first-order valence-corrected chi connectivity index (χ1v) is 4.32. The second kappa shape index (κ2) is 3.61. The summed E-state index contributed by atoms with van der Waals surface area (Å²) in [7, 11) is 0. The summed E-state index contributed by atoms with van der Waals surface area (Å²) in [6.45, 7) is 6.65. The molecule has 0 fully saturated rings. The summed E-state index contributed by atoms with van der Waals surface area (Å²) in [5.41, 5.74) is 1.37. The molecule has 0 bridgehead atoms. The minimum absolute atomic E-state index is 0.508. The van der Waals surface area contributed by atoms with Crippen LogP contribution in [0.25, 0.3) is 0 Å². The molecule has 0 spiro atoms. The highest BCUT2D eigenvalue weighted by molar-refractivity contribution is 5.19. The number of nitrogens with one attached hydrogen (secondary N) is 1. The van der Waals surface area contributed by atoms with Crippen LogP contribution in [0, 0.1) is 5.92 Å². The molecule has 0 aromatic carbocycles. The highest BCUT2D eigenvalue weighted by atomic mass is 14.9. The van der Waals surface area contributed by atoms with Crippen molar-refractivity contribution in [3.8, 4) is 0 Å². The van der Waals surface area contributed by atoms with Gasteiger partial charge in [0.15, 0.2) is 0 Å².